The van der Waals surface area contributed by atoms with Crippen molar-refractivity contribution in [3.63, 3.8) is 0 Å². The highest BCUT2D eigenvalue weighted by Gasteiger charge is 2.55. The van der Waals surface area contributed by atoms with Gasteiger partial charge >= 0.3 is 6.18 Å². The molecule has 0 aromatic heterocycles. The second-order valence-electron chi connectivity index (χ2n) is 5.36. The Kier molecular flexibility index (Phi) is 4.82. The fraction of sp³-hybridized carbons (Fsp3) is 0.429. The number of nitrogens with one attached hydrogen (secondary N) is 1. The average Bonchev–Trinajstić information content (AvgIpc) is 2.34. The van der Waals surface area contributed by atoms with Crippen molar-refractivity contribution in [1.29, 1.82) is 0 Å². The van der Waals surface area contributed by atoms with Gasteiger partial charge in [0.1, 0.15) is 0 Å². The molecule has 1 rings (SSSR count). The summed E-state index contributed by atoms with van der Waals surface area (Å²) < 4.78 is 54.1. The third-order valence-electron chi connectivity index (χ3n) is 2.79. The van der Waals surface area contributed by atoms with E-state index in [1.165, 1.54) is 24.3 Å². The minimum atomic E-state index is -4.66. The van der Waals surface area contributed by atoms with Crippen LogP contribution in [0.3, 0.4) is 0 Å². The standard InChI is InChI=1S/C14H18F3NOS/c1-5-13(14(15,16)17,11-9-7-6-8-10-11)18-20(19)12(2,3)4/h5-10,18H,1H2,2-4H3/t13-,20?/m1/s1. The lowest BCUT2D eigenvalue weighted by Crippen LogP contribution is -2.55. The molecule has 20 heavy (non-hydrogen) atoms. The van der Waals surface area contributed by atoms with Crippen molar-refractivity contribution in [2.24, 2.45) is 0 Å². The zero-order chi connectivity index (χ0) is 15.6. The van der Waals surface area contributed by atoms with Gasteiger partial charge in [0, 0.05) is 0 Å². The van der Waals surface area contributed by atoms with Crippen molar-refractivity contribution in [1.82, 2.24) is 4.72 Å². The summed E-state index contributed by atoms with van der Waals surface area (Å²) in [5, 5.41) is 0. The maximum atomic E-state index is 13.5. The van der Waals surface area contributed by atoms with Gasteiger partial charge in [0.25, 0.3) is 0 Å². The van der Waals surface area contributed by atoms with Crippen molar-refractivity contribution < 1.29 is 17.4 Å². The van der Waals surface area contributed by atoms with Crippen molar-refractivity contribution in [3.8, 4) is 0 Å². The highest BCUT2D eigenvalue weighted by Crippen LogP contribution is 2.40. The van der Waals surface area contributed by atoms with Gasteiger partial charge in [-0.05, 0) is 26.3 Å². The molecule has 2 nitrogen and oxygen atoms in total. The Bertz CT molecular complexity index is 493. The normalized spacial score (nSPS) is 17.3. The summed E-state index contributed by atoms with van der Waals surface area (Å²) in [6.07, 6.45) is -3.90. The summed E-state index contributed by atoms with van der Waals surface area (Å²) in [6, 6.07) is 7.29. The molecule has 0 heterocycles. The molecular weight excluding hydrogens is 287 g/mol. The second-order valence-corrected chi connectivity index (χ2v) is 7.33. The molecule has 1 unspecified atom stereocenters. The molecular formula is C14H18F3NOS. The van der Waals surface area contributed by atoms with Gasteiger partial charge in [-0.1, -0.05) is 36.4 Å². The summed E-state index contributed by atoms with van der Waals surface area (Å²) in [6.45, 7) is 8.10. The average molecular weight is 305 g/mol. The number of hydrogen-bond donors (Lipinski definition) is 1. The van der Waals surface area contributed by atoms with Crippen LogP contribution in [-0.2, 0) is 16.5 Å². The van der Waals surface area contributed by atoms with E-state index in [9.17, 15) is 17.4 Å². The molecule has 0 saturated carbocycles. The van der Waals surface area contributed by atoms with Crippen LogP contribution >= 0.6 is 0 Å². The van der Waals surface area contributed by atoms with E-state index in [0.717, 1.165) is 6.08 Å². The molecule has 0 aliphatic carbocycles. The van der Waals surface area contributed by atoms with E-state index in [0.29, 0.717) is 0 Å². The van der Waals surface area contributed by atoms with Crippen molar-refractivity contribution in [3.05, 3.63) is 48.6 Å². The molecule has 112 valence electrons. The van der Waals surface area contributed by atoms with Gasteiger partial charge < -0.3 is 0 Å². The molecule has 0 bridgehead atoms. The second kappa shape index (κ2) is 5.69. The van der Waals surface area contributed by atoms with Gasteiger partial charge in [0.15, 0.2) is 5.54 Å². The van der Waals surface area contributed by atoms with Crippen molar-refractivity contribution >= 4 is 11.0 Å². The third-order valence-corrected chi connectivity index (χ3v) is 4.41. The molecule has 0 aliphatic rings. The summed E-state index contributed by atoms with van der Waals surface area (Å²) in [5.41, 5.74) is -2.58. The minimum Gasteiger partial charge on any atom is -0.242 e. The minimum absolute atomic E-state index is 0.0416. The van der Waals surface area contributed by atoms with Crippen LogP contribution in [-0.4, -0.2) is 15.1 Å². The first-order valence-electron chi connectivity index (χ1n) is 6.00. The number of hydrogen-bond acceptors (Lipinski definition) is 1. The lowest BCUT2D eigenvalue weighted by molar-refractivity contribution is -0.179. The Balaban J connectivity index is 3.36. The summed E-state index contributed by atoms with van der Waals surface area (Å²) in [4.78, 5) is 0. The first-order chi connectivity index (χ1) is 9.04. The zero-order valence-corrected chi connectivity index (χ0v) is 12.4. The summed E-state index contributed by atoms with van der Waals surface area (Å²) in [7, 11) is -1.89. The fourth-order valence-corrected chi connectivity index (χ4v) is 2.47. The smallest absolute Gasteiger partial charge is 0.242 e. The van der Waals surface area contributed by atoms with Crippen LogP contribution in [0, 0.1) is 0 Å². The Morgan fingerprint density at radius 1 is 1.15 bits per heavy atom. The molecule has 0 saturated heterocycles. The lowest BCUT2D eigenvalue weighted by Gasteiger charge is -2.36. The van der Waals surface area contributed by atoms with Crippen LogP contribution in [0.4, 0.5) is 13.2 Å². The fourth-order valence-electron chi connectivity index (χ4n) is 1.56. The van der Waals surface area contributed by atoms with Crippen molar-refractivity contribution in [2.45, 2.75) is 37.2 Å². The van der Waals surface area contributed by atoms with Crippen LogP contribution in [0.25, 0.3) is 0 Å². The predicted octanol–water partition coefficient (Wildman–Crippen LogP) is 3.68. The topological polar surface area (TPSA) is 29.1 Å². The van der Waals surface area contributed by atoms with Crippen molar-refractivity contribution in [2.75, 3.05) is 0 Å². The van der Waals surface area contributed by atoms with Gasteiger partial charge in [0.05, 0.1) is 15.7 Å². The number of alkyl halides is 3. The quantitative estimate of drug-likeness (QED) is 0.845. The molecule has 0 spiro atoms. The number of benzene rings is 1. The maximum absolute atomic E-state index is 13.5. The molecule has 6 heteroatoms. The van der Waals surface area contributed by atoms with Crippen LogP contribution < -0.4 is 4.72 Å². The Hall–Kier alpha value is -1.14. The number of halogens is 3. The van der Waals surface area contributed by atoms with Gasteiger partial charge in [-0.3, -0.25) is 0 Å². The van der Waals surface area contributed by atoms with E-state index in [2.05, 4.69) is 11.3 Å². The van der Waals surface area contributed by atoms with Gasteiger partial charge in [0.2, 0.25) is 0 Å². The van der Waals surface area contributed by atoms with E-state index in [4.69, 9.17) is 0 Å². The highest BCUT2D eigenvalue weighted by atomic mass is 32.2. The first-order valence-corrected chi connectivity index (χ1v) is 7.15. The molecule has 0 radical (unpaired) electrons. The molecule has 0 amide bonds. The summed E-state index contributed by atoms with van der Waals surface area (Å²) >= 11 is 0. The van der Waals surface area contributed by atoms with Gasteiger partial charge in [-0.2, -0.15) is 13.2 Å². The van der Waals surface area contributed by atoms with E-state index < -0.39 is 27.4 Å². The van der Waals surface area contributed by atoms with Crippen LogP contribution in [0.5, 0.6) is 0 Å². The molecule has 0 aliphatic heterocycles. The monoisotopic (exact) mass is 305 g/mol. The lowest BCUT2D eigenvalue weighted by atomic mass is 9.90. The van der Waals surface area contributed by atoms with E-state index in [-0.39, 0.29) is 5.56 Å². The van der Waals surface area contributed by atoms with E-state index in [1.807, 2.05) is 0 Å². The Morgan fingerprint density at radius 2 is 1.65 bits per heavy atom. The number of rotatable bonds is 4. The first kappa shape index (κ1) is 16.9. The molecule has 0 fully saturated rings. The van der Waals surface area contributed by atoms with Crippen LogP contribution in [0.2, 0.25) is 0 Å². The third kappa shape index (κ3) is 3.30. The highest BCUT2D eigenvalue weighted by molar-refractivity contribution is 7.84. The van der Waals surface area contributed by atoms with Crippen LogP contribution in [0.1, 0.15) is 26.3 Å². The van der Waals surface area contributed by atoms with E-state index in [1.54, 1.807) is 26.8 Å². The Labute approximate surface area is 119 Å². The Morgan fingerprint density at radius 3 is 2.00 bits per heavy atom. The van der Waals surface area contributed by atoms with E-state index >= 15 is 0 Å². The maximum Gasteiger partial charge on any atom is 0.415 e. The molecule has 1 aromatic rings. The molecule has 1 aromatic carbocycles. The molecule has 1 N–H and O–H groups in total. The van der Waals surface area contributed by atoms with Gasteiger partial charge in [-0.25, -0.2) is 8.93 Å². The van der Waals surface area contributed by atoms with Crippen LogP contribution in [0.15, 0.2) is 43.0 Å². The summed E-state index contributed by atoms with van der Waals surface area (Å²) in [5.74, 6) is 0. The predicted molar refractivity (Wildman–Crippen MR) is 75.4 cm³/mol. The zero-order valence-electron chi connectivity index (χ0n) is 11.6. The largest absolute Gasteiger partial charge is 0.415 e. The SMILES string of the molecule is C=C[C@@](NS(=O)C(C)(C)C)(c1ccccc1)C(F)(F)F. The van der Waals surface area contributed by atoms with Gasteiger partial charge in [-0.15, -0.1) is 6.58 Å². The molecule has 2 atom stereocenters.